The van der Waals surface area contributed by atoms with Crippen LogP contribution >= 0.6 is 0 Å². The van der Waals surface area contributed by atoms with Crippen LogP contribution in [0.1, 0.15) is 12.5 Å². The highest BCUT2D eigenvalue weighted by atomic mass is 16.2. The summed E-state index contributed by atoms with van der Waals surface area (Å²) in [4.78, 5) is 22.4. The molecule has 1 aliphatic heterocycles. The number of benzene rings is 1. The van der Waals surface area contributed by atoms with Gasteiger partial charge in [-0.3, -0.25) is 4.79 Å². The van der Waals surface area contributed by atoms with E-state index >= 15 is 0 Å². The summed E-state index contributed by atoms with van der Waals surface area (Å²) in [6, 6.07) is 9.39. The average Bonchev–Trinajstić information content (AvgIpc) is 2.33. The molecular formula is C12H12N2O2. The Bertz CT molecular complexity index is 440. The van der Waals surface area contributed by atoms with Crippen molar-refractivity contribution in [2.24, 2.45) is 16.9 Å². The van der Waals surface area contributed by atoms with E-state index in [1.165, 1.54) is 0 Å². The maximum absolute atomic E-state index is 11.4. The predicted octanol–water partition coefficient (Wildman–Crippen LogP) is 0.972. The summed E-state index contributed by atoms with van der Waals surface area (Å²) in [7, 11) is 0. The smallest absolute Gasteiger partial charge is 0.244 e. The summed E-state index contributed by atoms with van der Waals surface area (Å²) >= 11 is 0. The molecule has 4 nitrogen and oxygen atoms in total. The van der Waals surface area contributed by atoms with E-state index in [2.05, 4.69) is 10.5 Å². The van der Waals surface area contributed by atoms with Crippen LogP contribution in [-0.4, -0.2) is 17.9 Å². The molecule has 1 amide bonds. The molecule has 1 aromatic rings. The SMILES string of the molecule is CC1C(=O)NN=C(c2ccccc2)C1C=O. The summed E-state index contributed by atoms with van der Waals surface area (Å²) in [6.07, 6.45) is 0.787. The van der Waals surface area contributed by atoms with Crippen molar-refractivity contribution in [3.8, 4) is 0 Å². The van der Waals surface area contributed by atoms with Crippen molar-refractivity contribution in [3.63, 3.8) is 0 Å². The summed E-state index contributed by atoms with van der Waals surface area (Å²) in [6.45, 7) is 1.73. The molecule has 2 unspecified atom stereocenters. The van der Waals surface area contributed by atoms with Crippen molar-refractivity contribution in [1.29, 1.82) is 0 Å². The van der Waals surface area contributed by atoms with Crippen molar-refractivity contribution in [1.82, 2.24) is 5.43 Å². The summed E-state index contributed by atoms with van der Waals surface area (Å²) in [5.41, 5.74) is 3.93. The highest BCUT2D eigenvalue weighted by Gasteiger charge is 2.32. The number of nitrogens with one attached hydrogen (secondary N) is 1. The molecule has 0 saturated heterocycles. The largest absolute Gasteiger partial charge is 0.303 e. The van der Waals surface area contributed by atoms with E-state index in [-0.39, 0.29) is 11.8 Å². The number of rotatable bonds is 2. The monoisotopic (exact) mass is 216 g/mol. The molecule has 1 heterocycles. The van der Waals surface area contributed by atoms with Crippen LogP contribution in [0.5, 0.6) is 0 Å². The summed E-state index contributed by atoms with van der Waals surface area (Å²) < 4.78 is 0. The standard InChI is InChI=1S/C12H12N2O2/c1-8-10(7-15)11(13-14-12(8)16)9-5-3-2-4-6-9/h2-8,10H,1H3,(H,14,16). The zero-order valence-electron chi connectivity index (χ0n) is 8.88. The lowest BCUT2D eigenvalue weighted by Gasteiger charge is -2.24. The van der Waals surface area contributed by atoms with Gasteiger partial charge in [0.2, 0.25) is 5.91 Å². The summed E-state index contributed by atoms with van der Waals surface area (Å²) in [5.74, 6) is -1.04. The highest BCUT2D eigenvalue weighted by Crippen LogP contribution is 2.20. The minimum Gasteiger partial charge on any atom is -0.303 e. The van der Waals surface area contributed by atoms with Crippen molar-refractivity contribution >= 4 is 17.9 Å². The van der Waals surface area contributed by atoms with Gasteiger partial charge in [-0.1, -0.05) is 37.3 Å². The molecule has 1 aromatic carbocycles. The molecule has 0 aromatic heterocycles. The fraction of sp³-hybridized carbons (Fsp3) is 0.250. The lowest BCUT2D eigenvalue weighted by Crippen LogP contribution is -2.41. The van der Waals surface area contributed by atoms with Crippen LogP contribution in [0.15, 0.2) is 35.4 Å². The van der Waals surface area contributed by atoms with E-state index < -0.39 is 5.92 Å². The Kier molecular flexibility index (Phi) is 2.81. The Labute approximate surface area is 93.4 Å². The first-order chi connectivity index (χ1) is 7.74. The lowest BCUT2D eigenvalue weighted by atomic mass is 9.86. The molecule has 0 radical (unpaired) electrons. The number of amides is 1. The highest BCUT2D eigenvalue weighted by molar-refractivity contribution is 6.12. The minimum atomic E-state index is -0.462. The Balaban J connectivity index is 2.40. The van der Waals surface area contributed by atoms with Crippen LogP contribution < -0.4 is 5.43 Å². The third-order valence-electron chi connectivity index (χ3n) is 2.77. The van der Waals surface area contributed by atoms with Crippen LogP contribution in [0, 0.1) is 11.8 Å². The second-order valence-electron chi connectivity index (χ2n) is 3.79. The fourth-order valence-electron chi connectivity index (χ4n) is 1.74. The van der Waals surface area contributed by atoms with Crippen molar-refractivity contribution < 1.29 is 9.59 Å². The van der Waals surface area contributed by atoms with E-state index in [4.69, 9.17) is 0 Å². The normalized spacial score (nSPS) is 24.6. The lowest BCUT2D eigenvalue weighted by molar-refractivity contribution is -0.128. The summed E-state index contributed by atoms with van der Waals surface area (Å²) in [5, 5.41) is 3.97. The van der Waals surface area contributed by atoms with Gasteiger partial charge < -0.3 is 4.79 Å². The Morgan fingerprint density at radius 3 is 2.62 bits per heavy atom. The van der Waals surface area contributed by atoms with Gasteiger partial charge in [-0.05, 0) is 5.56 Å². The second-order valence-corrected chi connectivity index (χ2v) is 3.79. The third-order valence-corrected chi connectivity index (χ3v) is 2.77. The zero-order chi connectivity index (χ0) is 11.5. The maximum atomic E-state index is 11.4. The maximum Gasteiger partial charge on any atom is 0.244 e. The van der Waals surface area contributed by atoms with E-state index in [0.29, 0.717) is 5.71 Å². The number of nitrogens with zero attached hydrogens (tertiary/aromatic N) is 1. The van der Waals surface area contributed by atoms with E-state index in [0.717, 1.165) is 11.8 Å². The molecule has 82 valence electrons. The van der Waals surface area contributed by atoms with Gasteiger partial charge in [0.15, 0.2) is 0 Å². The molecule has 0 aliphatic carbocycles. The van der Waals surface area contributed by atoms with Gasteiger partial charge in [0.25, 0.3) is 0 Å². The average molecular weight is 216 g/mol. The Hall–Kier alpha value is -1.97. The van der Waals surface area contributed by atoms with Gasteiger partial charge in [0.05, 0.1) is 17.5 Å². The van der Waals surface area contributed by atoms with Crippen molar-refractivity contribution in [3.05, 3.63) is 35.9 Å². The molecule has 0 bridgehead atoms. The molecular weight excluding hydrogens is 204 g/mol. The van der Waals surface area contributed by atoms with Gasteiger partial charge in [-0.25, -0.2) is 5.43 Å². The molecule has 0 fully saturated rings. The first kappa shape index (κ1) is 10.5. The Morgan fingerprint density at radius 2 is 2.00 bits per heavy atom. The molecule has 1 N–H and O–H groups in total. The number of hydrazone groups is 1. The van der Waals surface area contributed by atoms with E-state index in [1.807, 2.05) is 30.3 Å². The quantitative estimate of drug-likeness (QED) is 0.749. The third kappa shape index (κ3) is 1.74. The minimum absolute atomic E-state index is 0.211. The van der Waals surface area contributed by atoms with Crippen molar-refractivity contribution in [2.75, 3.05) is 0 Å². The second kappa shape index (κ2) is 4.26. The number of carbonyl (C=O) groups is 2. The van der Waals surface area contributed by atoms with Crippen LogP contribution in [0.2, 0.25) is 0 Å². The molecule has 0 spiro atoms. The first-order valence-corrected chi connectivity index (χ1v) is 5.12. The molecule has 4 heteroatoms. The fourth-order valence-corrected chi connectivity index (χ4v) is 1.74. The van der Waals surface area contributed by atoms with E-state index in [1.54, 1.807) is 6.92 Å². The first-order valence-electron chi connectivity index (χ1n) is 5.12. The number of hydrogen-bond acceptors (Lipinski definition) is 3. The van der Waals surface area contributed by atoms with Crippen LogP contribution in [-0.2, 0) is 9.59 Å². The van der Waals surface area contributed by atoms with Crippen molar-refractivity contribution in [2.45, 2.75) is 6.92 Å². The van der Waals surface area contributed by atoms with Gasteiger partial charge in [-0.15, -0.1) is 0 Å². The van der Waals surface area contributed by atoms with E-state index in [9.17, 15) is 9.59 Å². The molecule has 2 atom stereocenters. The number of carbonyl (C=O) groups excluding carboxylic acids is 2. The van der Waals surface area contributed by atoms with Crippen LogP contribution in [0.25, 0.3) is 0 Å². The van der Waals surface area contributed by atoms with Crippen LogP contribution in [0.4, 0.5) is 0 Å². The van der Waals surface area contributed by atoms with Gasteiger partial charge in [-0.2, -0.15) is 5.10 Å². The molecule has 2 rings (SSSR count). The topological polar surface area (TPSA) is 58.5 Å². The van der Waals surface area contributed by atoms with Gasteiger partial charge in [0, 0.05) is 0 Å². The van der Waals surface area contributed by atoms with Gasteiger partial charge >= 0.3 is 0 Å². The van der Waals surface area contributed by atoms with Crippen LogP contribution in [0.3, 0.4) is 0 Å². The molecule has 1 aliphatic rings. The zero-order valence-corrected chi connectivity index (χ0v) is 8.88. The molecule has 16 heavy (non-hydrogen) atoms. The van der Waals surface area contributed by atoms with Gasteiger partial charge in [0.1, 0.15) is 6.29 Å². The number of hydrogen-bond donors (Lipinski definition) is 1. The number of aldehydes is 1. The Morgan fingerprint density at radius 1 is 1.31 bits per heavy atom. The molecule has 0 saturated carbocycles. The predicted molar refractivity (Wildman–Crippen MR) is 59.8 cm³/mol.